The van der Waals surface area contributed by atoms with Crippen molar-refractivity contribution in [1.29, 1.82) is 0 Å². The maximum atomic E-state index is 10.6. The second kappa shape index (κ2) is 14.2. The SMILES string of the molecule is CCCCCCCCCCCCN1CC(C)(c2ccccc2)OB(O)OCC1(C)c1ccccc1. The van der Waals surface area contributed by atoms with Crippen LogP contribution in [0.25, 0.3) is 0 Å². The molecule has 2 unspecified atom stereocenters. The van der Waals surface area contributed by atoms with Gasteiger partial charge in [-0.25, -0.2) is 0 Å². The van der Waals surface area contributed by atoms with E-state index in [4.69, 9.17) is 9.31 Å². The molecule has 192 valence electrons. The monoisotopic (exact) mass is 479 g/mol. The molecule has 0 spiro atoms. The average molecular weight is 480 g/mol. The number of hydrogen-bond donors (Lipinski definition) is 1. The summed E-state index contributed by atoms with van der Waals surface area (Å²) >= 11 is 0. The number of rotatable bonds is 13. The Hall–Kier alpha value is -1.66. The first kappa shape index (κ1) is 27.9. The van der Waals surface area contributed by atoms with Crippen LogP contribution in [-0.2, 0) is 20.4 Å². The Bertz CT molecular complexity index is 836. The van der Waals surface area contributed by atoms with Crippen LogP contribution < -0.4 is 0 Å². The van der Waals surface area contributed by atoms with Crippen LogP contribution in [-0.4, -0.2) is 36.9 Å². The Morgan fingerprint density at radius 1 is 0.771 bits per heavy atom. The average Bonchev–Trinajstić information content (AvgIpc) is 2.88. The molecule has 0 saturated carbocycles. The molecule has 3 rings (SSSR count). The fraction of sp³-hybridized carbons (Fsp3) is 0.600. The van der Waals surface area contributed by atoms with Crippen molar-refractivity contribution in [3.8, 4) is 0 Å². The zero-order chi connectivity index (χ0) is 25.0. The van der Waals surface area contributed by atoms with Crippen molar-refractivity contribution in [2.24, 2.45) is 0 Å². The van der Waals surface area contributed by atoms with Crippen molar-refractivity contribution in [3.63, 3.8) is 0 Å². The lowest BCUT2D eigenvalue weighted by molar-refractivity contribution is -0.0854. The molecule has 1 saturated heterocycles. The van der Waals surface area contributed by atoms with E-state index >= 15 is 0 Å². The number of nitrogens with zero attached hydrogens (tertiary/aromatic N) is 1. The van der Waals surface area contributed by atoms with E-state index in [0.29, 0.717) is 13.2 Å². The van der Waals surface area contributed by atoms with Crippen LogP contribution in [0.3, 0.4) is 0 Å². The summed E-state index contributed by atoms with van der Waals surface area (Å²) in [5, 5.41) is 10.6. The van der Waals surface area contributed by atoms with E-state index in [-0.39, 0.29) is 5.54 Å². The highest BCUT2D eigenvalue weighted by molar-refractivity contribution is 6.34. The van der Waals surface area contributed by atoms with Crippen LogP contribution in [0.5, 0.6) is 0 Å². The van der Waals surface area contributed by atoms with Gasteiger partial charge in [-0.15, -0.1) is 0 Å². The van der Waals surface area contributed by atoms with Crippen LogP contribution in [0, 0.1) is 0 Å². The lowest BCUT2D eigenvalue weighted by atomic mass is 9.85. The predicted molar refractivity (Wildman–Crippen MR) is 146 cm³/mol. The molecule has 0 amide bonds. The van der Waals surface area contributed by atoms with Crippen LogP contribution in [0.1, 0.15) is 96.1 Å². The highest BCUT2D eigenvalue weighted by atomic mass is 16.7. The van der Waals surface area contributed by atoms with Gasteiger partial charge in [0.1, 0.15) is 0 Å². The topological polar surface area (TPSA) is 41.9 Å². The van der Waals surface area contributed by atoms with Crippen molar-refractivity contribution in [2.75, 3.05) is 19.7 Å². The van der Waals surface area contributed by atoms with E-state index in [9.17, 15) is 5.02 Å². The molecule has 2 aromatic rings. The molecule has 1 fully saturated rings. The molecule has 0 aliphatic carbocycles. The number of hydrogen-bond acceptors (Lipinski definition) is 4. The molecule has 1 heterocycles. The normalized spacial score (nSPS) is 23.7. The standard InChI is InChI=1S/C30H46BNO3/c1-4-5-6-7-8-9-10-11-12-19-24-32-25-30(3,28-22-17-14-18-23-28)35-31(33)34-26-29(32,2)27-20-15-13-16-21-27/h13-18,20-23,33H,4-12,19,24-26H2,1-3H3. The minimum atomic E-state index is -1.26. The lowest BCUT2D eigenvalue weighted by Gasteiger charge is -2.48. The Morgan fingerprint density at radius 3 is 1.86 bits per heavy atom. The van der Waals surface area contributed by atoms with E-state index in [0.717, 1.165) is 18.5 Å². The molecule has 1 N–H and O–H groups in total. The highest BCUT2D eigenvalue weighted by Crippen LogP contribution is 2.37. The minimum absolute atomic E-state index is 0.360. The van der Waals surface area contributed by atoms with Crippen LogP contribution in [0.4, 0.5) is 0 Å². The Balaban J connectivity index is 1.68. The largest absolute Gasteiger partial charge is 0.637 e. The smallest absolute Gasteiger partial charge is 0.402 e. The Kier molecular flexibility index (Phi) is 11.3. The van der Waals surface area contributed by atoms with Gasteiger partial charge in [-0.05, 0) is 37.9 Å². The summed E-state index contributed by atoms with van der Waals surface area (Å²) in [4.78, 5) is 2.52. The quantitative estimate of drug-likeness (QED) is 0.247. The van der Waals surface area contributed by atoms with Gasteiger partial charge in [0.2, 0.25) is 0 Å². The maximum absolute atomic E-state index is 10.6. The first-order chi connectivity index (χ1) is 17.0. The van der Waals surface area contributed by atoms with E-state index < -0.39 is 12.9 Å². The first-order valence-electron chi connectivity index (χ1n) is 13.8. The van der Waals surface area contributed by atoms with Crippen molar-refractivity contribution in [1.82, 2.24) is 4.90 Å². The fourth-order valence-electron chi connectivity index (χ4n) is 5.29. The van der Waals surface area contributed by atoms with Gasteiger partial charge in [-0.2, -0.15) is 0 Å². The van der Waals surface area contributed by atoms with E-state index in [2.05, 4.69) is 68.1 Å². The second-order valence-electron chi connectivity index (χ2n) is 10.6. The molecule has 2 atom stereocenters. The summed E-state index contributed by atoms with van der Waals surface area (Å²) in [5.41, 5.74) is 1.21. The summed E-state index contributed by atoms with van der Waals surface area (Å²) in [7, 11) is -1.26. The summed E-state index contributed by atoms with van der Waals surface area (Å²) in [6, 6.07) is 20.8. The van der Waals surface area contributed by atoms with Gasteiger partial charge in [0.25, 0.3) is 0 Å². The van der Waals surface area contributed by atoms with E-state index in [1.165, 1.54) is 63.4 Å². The second-order valence-corrected chi connectivity index (χ2v) is 10.6. The van der Waals surface area contributed by atoms with E-state index in [1.807, 2.05) is 18.2 Å². The molecule has 4 nitrogen and oxygen atoms in total. The Labute approximate surface area is 214 Å². The predicted octanol–water partition coefficient (Wildman–Crippen LogP) is 7.06. The molecule has 5 heteroatoms. The van der Waals surface area contributed by atoms with Crippen molar-refractivity contribution in [2.45, 2.75) is 96.1 Å². The first-order valence-corrected chi connectivity index (χ1v) is 13.8. The Morgan fingerprint density at radius 2 is 1.29 bits per heavy atom. The van der Waals surface area contributed by atoms with Crippen molar-refractivity contribution in [3.05, 3.63) is 71.8 Å². The fourth-order valence-corrected chi connectivity index (χ4v) is 5.29. The van der Waals surface area contributed by atoms with Gasteiger partial charge >= 0.3 is 7.32 Å². The minimum Gasteiger partial charge on any atom is -0.402 e. The third-order valence-corrected chi connectivity index (χ3v) is 7.62. The number of benzene rings is 2. The molecule has 0 aromatic heterocycles. The maximum Gasteiger partial charge on any atom is 0.637 e. The zero-order valence-electron chi connectivity index (χ0n) is 22.3. The van der Waals surface area contributed by atoms with Gasteiger partial charge in [0.15, 0.2) is 0 Å². The highest BCUT2D eigenvalue weighted by Gasteiger charge is 2.45. The lowest BCUT2D eigenvalue weighted by Crippen LogP contribution is -2.57. The molecule has 0 bridgehead atoms. The van der Waals surface area contributed by atoms with Gasteiger partial charge in [-0.1, -0.05) is 125 Å². The van der Waals surface area contributed by atoms with Crippen molar-refractivity contribution < 1.29 is 14.3 Å². The number of unbranched alkanes of at least 4 members (excludes halogenated alkanes) is 9. The molecule has 2 aromatic carbocycles. The van der Waals surface area contributed by atoms with Crippen LogP contribution in [0.15, 0.2) is 60.7 Å². The summed E-state index contributed by atoms with van der Waals surface area (Å²) < 4.78 is 12.0. The van der Waals surface area contributed by atoms with Crippen LogP contribution >= 0.6 is 0 Å². The van der Waals surface area contributed by atoms with Crippen molar-refractivity contribution >= 4 is 7.32 Å². The summed E-state index contributed by atoms with van der Waals surface area (Å²) in [6.45, 7) is 8.60. The zero-order valence-corrected chi connectivity index (χ0v) is 22.3. The molecule has 1 aliphatic rings. The molecular weight excluding hydrogens is 433 g/mol. The van der Waals surface area contributed by atoms with E-state index in [1.54, 1.807) is 0 Å². The molecular formula is C30H46BNO3. The summed E-state index contributed by atoms with van der Waals surface area (Å²) in [6.07, 6.45) is 13.2. The van der Waals surface area contributed by atoms with Gasteiger partial charge < -0.3 is 14.3 Å². The van der Waals surface area contributed by atoms with Gasteiger partial charge in [-0.3, -0.25) is 4.90 Å². The summed E-state index contributed by atoms with van der Waals surface area (Å²) in [5.74, 6) is 0. The third kappa shape index (κ3) is 8.18. The van der Waals surface area contributed by atoms with Gasteiger partial charge in [0, 0.05) is 6.54 Å². The third-order valence-electron chi connectivity index (χ3n) is 7.62. The molecule has 0 radical (unpaired) electrons. The molecule has 35 heavy (non-hydrogen) atoms. The van der Waals surface area contributed by atoms with Crippen LogP contribution in [0.2, 0.25) is 0 Å². The molecule has 1 aliphatic heterocycles. The van der Waals surface area contributed by atoms with Gasteiger partial charge in [0.05, 0.1) is 17.7 Å².